The van der Waals surface area contributed by atoms with Gasteiger partial charge in [0.05, 0.1) is 5.02 Å². The number of hydrogen-bond acceptors (Lipinski definition) is 2. The van der Waals surface area contributed by atoms with Gasteiger partial charge in [0.25, 0.3) is 5.56 Å². The number of aromatic carboxylic acids is 1. The Morgan fingerprint density at radius 1 is 1.31 bits per heavy atom. The summed E-state index contributed by atoms with van der Waals surface area (Å²) in [6.45, 7) is 0. The van der Waals surface area contributed by atoms with E-state index < -0.39 is 17.1 Å². The molecule has 0 saturated heterocycles. The fourth-order valence-corrected chi connectivity index (χ4v) is 1.91. The van der Waals surface area contributed by atoms with Crippen molar-refractivity contribution in [3.05, 3.63) is 44.2 Å². The number of benzene rings is 1. The first kappa shape index (κ1) is 11.0. The summed E-state index contributed by atoms with van der Waals surface area (Å²) in [7, 11) is 0. The molecule has 0 saturated carbocycles. The van der Waals surface area contributed by atoms with Crippen LogP contribution in [0.15, 0.2) is 23.0 Å². The fourth-order valence-electron chi connectivity index (χ4n) is 1.42. The highest BCUT2D eigenvalue weighted by molar-refractivity contribution is 6.39. The van der Waals surface area contributed by atoms with Crippen LogP contribution >= 0.6 is 23.2 Å². The van der Waals surface area contributed by atoms with Crippen molar-refractivity contribution in [2.75, 3.05) is 0 Å². The number of pyridine rings is 1. The number of carboxylic acids is 1. The van der Waals surface area contributed by atoms with Crippen LogP contribution in [-0.2, 0) is 0 Å². The highest BCUT2D eigenvalue weighted by atomic mass is 35.5. The maximum atomic E-state index is 11.4. The average Bonchev–Trinajstić information content (AvgIpc) is 2.19. The van der Waals surface area contributed by atoms with Gasteiger partial charge in [-0.1, -0.05) is 23.2 Å². The molecular weight excluding hydrogens is 253 g/mol. The van der Waals surface area contributed by atoms with E-state index in [1.54, 1.807) is 12.1 Å². The second-order valence-electron chi connectivity index (χ2n) is 3.14. The van der Waals surface area contributed by atoms with E-state index in [-0.39, 0.29) is 5.02 Å². The van der Waals surface area contributed by atoms with Crippen molar-refractivity contribution in [3.8, 4) is 0 Å². The van der Waals surface area contributed by atoms with Gasteiger partial charge in [-0.3, -0.25) is 4.79 Å². The van der Waals surface area contributed by atoms with Gasteiger partial charge in [-0.15, -0.1) is 0 Å². The molecule has 16 heavy (non-hydrogen) atoms. The molecule has 0 aliphatic carbocycles. The fraction of sp³-hybridized carbons (Fsp3) is 0. The molecule has 0 aliphatic rings. The molecule has 0 bridgehead atoms. The SMILES string of the molecule is O=C(O)c1c(Cl)c2cc(Cl)ccc2[nH]c1=O. The van der Waals surface area contributed by atoms with Crippen molar-refractivity contribution in [2.24, 2.45) is 0 Å². The Kier molecular flexibility index (Phi) is 2.61. The molecule has 0 aliphatic heterocycles. The third-order valence-electron chi connectivity index (χ3n) is 2.13. The van der Waals surface area contributed by atoms with E-state index in [1.165, 1.54) is 6.07 Å². The third kappa shape index (κ3) is 1.66. The quantitative estimate of drug-likeness (QED) is 0.825. The summed E-state index contributed by atoms with van der Waals surface area (Å²) >= 11 is 11.6. The molecular formula is C10H5Cl2NO3. The summed E-state index contributed by atoms with van der Waals surface area (Å²) in [5.74, 6) is -1.37. The van der Waals surface area contributed by atoms with E-state index in [0.29, 0.717) is 15.9 Å². The van der Waals surface area contributed by atoms with Crippen LogP contribution in [0.2, 0.25) is 10.0 Å². The highest BCUT2D eigenvalue weighted by Gasteiger charge is 2.17. The molecule has 0 atom stereocenters. The normalized spacial score (nSPS) is 10.6. The number of hydrogen-bond donors (Lipinski definition) is 2. The Balaban J connectivity index is 2.96. The molecule has 0 unspecified atom stereocenters. The molecule has 2 N–H and O–H groups in total. The number of carboxylic acid groups (broad SMARTS) is 1. The number of nitrogens with one attached hydrogen (secondary N) is 1. The Morgan fingerprint density at radius 3 is 2.62 bits per heavy atom. The minimum atomic E-state index is -1.37. The van der Waals surface area contributed by atoms with Crippen molar-refractivity contribution in [3.63, 3.8) is 0 Å². The van der Waals surface area contributed by atoms with Crippen LogP contribution in [0.5, 0.6) is 0 Å². The van der Waals surface area contributed by atoms with E-state index in [1.807, 2.05) is 0 Å². The summed E-state index contributed by atoms with van der Waals surface area (Å²) in [6, 6.07) is 4.65. The molecule has 1 aromatic heterocycles. The number of aromatic amines is 1. The molecule has 0 amide bonds. The zero-order chi connectivity index (χ0) is 11.9. The van der Waals surface area contributed by atoms with Crippen LogP contribution in [0, 0.1) is 0 Å². The first-order chi connectivity index (χ1) is 7.50. The number of halogens is 2. The predicted octanol–water partition coefficient (Wildman–Crippen LogP) is 2.53. The van der Waals surface area contributed by atoms with Gasteiger partial charge in [-0.2, -0.15) is 0 Å². The number of fused-ring (bicyclic) bond motifs is 1. The van der Waals surface area contributed by atoms with Gasteiger partial charge in [0.2, 0.25) is 0 Å². The number of rotatable bonds is 1. The summed E-state index contributed by atoms with van der Waals surface area (Å²) < 4.78 is 0. The van der Waals surface area contributed by atoms with Crippen LogP contribution in [0.4, 0.5) is 0 Å². The zero-order valence-corrected chi connectivity index (χ0v) is 9.26. The molecule has 2 rings (SSSR count). The van der Waals surface area contributed by atoms with Crippen LogP contribution < -0.4 is 5.56 Å². The Hall–Kier alpha value is -1.52. The third-order valence-corrected chi connectivity index (χ3v) is 2.75. The number of H-pyrrole nitrogens is 1. The van der Waals surface area contributed by atoms with E-state index >= 15 is 0 Å². The standard InChI is InChI=1S/C10H5Cl2NO3/c11-4-1-2-6-5(3-4)8(12)7(10(15)16)9(14)13-6/h1-3H,(H,13,14)(H,15,16). The summed E-state index contributed by atoms with van der Waals surface area (Å²) in [5.41, 5.74) is -0.756. The minimum Gasteiger partial charge on any atom is -0.477 e. The van der Waals surface area contributed by atoms with Gasteiger partial charge >= 0.3 is 5.97 Å². The molecule has 82 valence electrons. The van der Waals surface area contributed by atoms with Crippen molar-refractivity contribution >= 4 is 40.1 Å². The van der Waals surface area contributed by atoms with Crippen LogP contribution in [0.3, 0.4) is 0 Å². The number of aromatic nitrogens is 1. The Bertz CT molecular complexity index is 648. The average molecular weight is 258 g/mol. The lowest BCUT2D eigenvalue weighted by atomic mass is 10.1. The summed E-state index contributed by atoms with van der Waals surface area (Å²) in [5, 5.41) is 9.56. The first-order valence-electron chi connectivity index (χ1n) is 4.25. The largest absolute Gasteiger partial charge is 0.477 e. The predicted molar refractivity (Wildman–Crippen MR) is 61.5 cm³/mol. The van der Waals surface area contributed by atoms with Crippen LogP contribution in [0.25, 0.3) is 10.9 Å². The molecule has 1 aromatic carbocycles. The molecule has 6 heteroatoms. The van der Waals surface area contributed by atoms with E-state index in [4.69, 9.17) is 28.3 Å². The lowest BCUT2D eigenvalue weighted by molar-refractivity contribution is 0.0695. The van der Waals surface area contributed by atoms with Crippen LogP contribution in [-0.4, -0.2) is 16.1 Å². The maximum Gasteiger partial charge on any atom is 0.342 e. The van der Waals surface area contributed by atoms with Gasteiger partial charge in [-0.05, 0) is 18.2 Å². The monoisotopic (exact) mass is 257 g/mol. The topological polar surface area (TPSA) is 70.2 Å². The van der Waals surface area contributed by atoms with Gasteiger partial charge in [-0.25, -0.2) is 4.79 Å². The molecule has 0 fully saturated rings. The minimum absolute atomic E-state index is 0.103. The highest BCUT2D eigenvalue weighted by Crippen LogP contribution is 2.26. The second-order valence-corrected chi connectivity index (χ2v) is 3.95. The second kappa shape index (κ2) is 3.81. The molecule has 1 heterocycles. The van der Waals surface area contributed by atoms with Gasteiger partial charge in [0.1, 0.15) is 5.56 Å². The first-order valence-corrected chi connectivity index (χ1v) is 5.00. The lowest BCUT2D eigenvalue weighted by Crippen LogP contribution is -2.18. The van der Waals surface area contributed by atoms with Gasteiger partial charge in [0, 0.05) is 15.9 Å². The number of carbonyl (C=O) groups is 1. The molecule has 4 nitrogen and oxygen atoms in total. The van der Waals surface area contributed by atoms with Crippen LogP contribution in [0.1, 0.15) is 10.4 Å². The van der Waals surface area contributed by atoms with E-state index in [2.05, 4.69) is 4.98 Å². The lowest BCUT2D eigenvalue weighted by Gasteiger charge is -2.03. The molecule has 0 spiro atoms. The Morgan fingerprint density at radius 2 is 2.00 bits per heavy atom. The van der Waals surface area contributed by atoms with Crippen molar-refractivity contribution in [2.45, 2.75) is 0 Å². The van der Waals surface area contributed by atoms with Crippen molar-refractivity contribution in [1.82, 2.24) is 4.98 Å². The molecule has 2 aromatic rings. The smallest absolute Gasteiger partial charge is 0.342 e. The van der Waals surface area contributed by atoms with E-state index in [9.17, 15) is 9.59 Å². The zero-order valence-electron chi connectivity index (χ0n) is 7.75. The molecule has 0 radical (unpaired) electrons. The van der Waals surface area contributed by atoms with Crippen molar-refractivity contribution < 1.29 is 9.90 Å². The summed E-state index contributed by atoms with van der Waals surface area (Å²) in [6.07, 6.45) is 0. The van der Waals surface area contributed by atoms with Gasteiger partial charge < -0.3 is 10.1 Å². The van der Waals surface area contributed by atoms with Gasteiger partial charge in [0.15, 0.2) is 0 Å². The Labute approximate surface area is 99.4 Å². The van der Waals surface area contributed by atoms with Crippen molar-refractivity contribution in [1.29, 1.82) is 0 Å². The summed E-state index contributed by atoms with van der Waals surface area (Å²) in [4.78, 5) is 24.7. The maximum absolute atomic E-state index is 11.4. The van der Waals surface area contributed by atoms with E-state index in [0.717, 1.165) is 0 Å².